The van der Waals surface area contributed by atoms with Gasteiger partial charge in [-0.25, -0.2) is 4.79 Å². The summed E-state index contributed by atoms with van der Waals surface area (Å²) in [5.74, 6) is 1.36. The summed E-state index contributed by atoms with van der Waals surface area (Å²) in [4.78, 5) is 43.9. The van der Waals surface area contributed by atoms with Gasteiger partial charge in [0, 0.05) is 33.2 Å². The molecule has 10 nitrogen and oxygen atoms in total. The van der Waals surface area contributed by atoms with Crippen LogP contribution in [0.2, 0.25) is 0 Å². The molecule has 1 aliphatic heterocycles. The monoisotopic (exact) mass is 560 g/mol. The molecule has 0 bridgehead atoms. The fourth-order valence-corrected chi connectivity index (χ4v) is 4.45. The van der Waals surface area contributed by atoms with E-state index in [1.54, 1.807) is 24.3 Å². The second-order valence-corrected chi connectivity index (χ2v) is 9.89. The molecule has 3 amide bonds. The van der Waals surface area contributed by atoms with Crippen molar-refractivity contribution >= 4 is 18.4 Å². The Morgan fingerprint density at radius 3 is 2.34 bits per heavy atom. The molecule has 1 fully saturated rings. The van der Waals surface area contributed by atoms with Crippen LogP contribution in [0.25, 0.3) is 11.1 Å². The van der Waals surface area contributed by atoms with Crippen LogP contribution in [0.3, 0.4) is 0 Å². The number of likely N-dealkylation sites (N-methyl/N-ethyl adjacent to an activating group) is 1. The fourth-order valence-electron chi connectivity index (χ4n) is 4.45. The number of piperazine rings is 1. The molecule has 0 saturated carbocycles. The predicted octanol–water partition coefficient (Wildman–Crippen LogP) is 3.62. The van der Waals surface area contributed by atoms with Crippen molar-refractivity contribution in [3.05, 3.63) is 83.4 Å². The van der Waals surface area contributed by atoms with Crippen LogP contribution in [0, 0.1) is 6.92 Å². The van der Waals surface area contributed by atoms with E-state index in [1.165, 1.54) is 7.05 Å². The molecule has 41 heavy (non-hydrogen) atoms. The van der Waals surface area contributed by atoms with E-state index >= 15 is 0 Å². The summed E-state index contributed by atoms with van der Waals surface area (Å²) in [5, 5.41) is 3.21. The van der Waals surface area contributed by atoms with Crippen molar-refractivity contribution in [2.75, 3.05) is 46.9 Å². The highest BCUT2D eigenvalue weighted by molar-refractivity contribution is 5.78. The molecule has 0 unspecified atom stereocenters. The van der Waals surface area contributed by atoms with Gasteiger partial charge in [0.25, 0.3) is 5.91 Å². The second kappa shape index (κ2) is 14.2. The van der Waals surface area contributed by atoms with Gasteiger partial charge in [0.05, 0.1) is 6.54 Å². The highest BCUT2D eigenvalue weighted by atomic mass is 16.7. The van der Waals surface area contributed by atoms with Gasteiger partial charge in [-0.1, -0.05) is 36.4 Å². The first-order chi connectivity index (χ1) is 19.8. The van der Waals surface area contributed by atoms with E-state index in [0.717, 1.165) is 59.1 Å². The lowest BCUT2D eigenvalue weighted by molar-refractivity contribution is -0.152. The van der Waals surface area contributed by atoms with Crippen molar-refractivity contribution in [2.45, 2.75) is 20.1 Å². The number of carbonyl (C=O) groups excluding carboxylic acids is 3. The lowest BCUT2D eigenvalue weighted by Crippen LogP contribution is -2.48. The van der Waals surface area contributed by atoms with Gasteiger partial charge in [-0.15, -0.1) is 0 Å². The minimum absolute atomic E-state index is 0.0140. The Morgan fingerprint density at radius 2 is 1.66 bits per heavy atom. The number of nitrogens with zero attached hydrogens (tertiary/aromatic N) is 3. The molecular formula is C31H36N4O6. The Labute approximate surface area is 240 Å². The van der Waals surface area contributed by atoms with Gasteiger partial charge >= 0.3 is 6.09 Å². The normalized spacial score (nSPS) is 13.3. The molecule has 4 rings (SSSR count). The van der Waals surface area contributed by atoms with Gasteiger partial charge in [0.1, 0.15) is 18.1 Å². The zero-order valence-electron chi connectivity index (χ0n) is 23.7. The van der Waals surface area contributed by atoms with Crippen molar-refractivity contribution < 1.29 is 28.7 Å². The number of benzene rings is 3. The smallest absolute Gasteiger partial charge is 0.431 e. The standard InChI is InChI=1S/C31H36N4O6/c1-23-17-28(40-21-30(37)34-15-13-33(3)14-16-34)11-12-29(23)26-6-4-5-25(18-26)20-39-27-9-7-24(8-10-27)19-35(22-36)41-31(38)32-2/h4-12,17-18,22H,13-16,19-21H2,1-3H3,(H,32,38). The molecule has 0 atom stereocenters. The first-order valence-electron chi connectivity index (χ1n) is 13.5. The third kappa shape index (κ3) is 8.46. The summed E-state index contributed by atoms with van der Waals surface area (Å²) in [7, 11) is 3.48. The minimum atomic E-state index is -0.716. The highest BCUT2D eigenvalue weighted by Gasteiger charge is 2.19. The maximum Gasteiger partial charge on any atom is 0.431 e. The molecule has 0 radical (unpaired) electrons. The third-order valence-corrected chi connectivity index (χ3v) is 6.84. The van der Waals surface area contributed by atoms with Crippen LogP contribution < -0.4 is 14.8 Å². The fraction of sp³-hybridized carbons (Fsp3) is 0.323. The highest BCUT2D eigenvalue weighted by Crippen LogP contribution is 2.28. The number of nitrogens with one attached hydrogen (secondary N) is 1. The molecule has 1 N–H and O–H groups in total. The van der Waals surface area contributed by atoms with Crippen LogP contribution in [0.15, 0.2) is 66.7 Å². The summed E-state index contributed by atoms with van der Waals surface area (Å²) in [6.45, 7) is 5.80. The Balaban J connectivity index is 1.31. The van der Waals surface area contributed by atoms with Crippen LogP contribution in [0.4, 0.5) is 4.79 Å². The van der Waals surface area contributed by atoms with Gasteiger partial charge < -0.3 is 29.4 Å². The maximum atomic E-state index is 12.5. The summed E-state index contributed by atoms with van der Waals surface area (Å²) >= 11 is 0. The number of amides is 3. The van der Waals surface area contributed by atoms with Crippen LogP contribution >= 0.6 is 0 Å². The lowest BCUT2D eigenvalue weighted by atomic mass is 9.99. The van der Waals surface area contributed by atoms with E-state index < -0.39 is 6.09 Å². The summed E-state index contributed by atoms with van der Waals surface area (Å²) in [6.07, 6.45) is -0.266. The number of carbonyl (C=O) groups is 3. The summed E-state index contributed by atoms with van der Waals surface area (Å²) in [6, 6.07) is 21.2. The topological polar surface area (TPSA) is 101 Å². The Hall–Kier alpha value is -4.57. The van der Waals surface area contributed by atoms with Crippen molar-refractivity contribution in [1.29, 1.82) is 0 Å². The zero-order chi connectivity index (χ0) is 29.2. The van der Waals surface area contributed by atoms with E-state index in [9.17, 15) is 14.4 Å². The molecule has 1 saturated heterocycles. The Morgan fingerprint density at radius 1 is 0.927 bits per heavy atom. The van der Waals surface area contributed by atoms with Crippen LogP contribution in [0.1, 0.15) is 16.7 Å². The number of aryl methyl sites for hydroxylation is 1. The van der Waals surface area contributed by atoms with Crippen molar-refractivity contribution in [3.63, 3.8) is 0 Å². The van der Waals surface area contributed by atoms with Crippen LogP contribution in [0.5, 0.6) is 11.5 Å². The molecule has 1 heterocycles. The largest absolute Gasteiger partial charge is 0.489 e. The van der Waals surface area contributed by atoms with Crippen LogP contribution in [-0.4, -0.2) is 80.2 Å². The number of ether oxygens (including phenoxy) is 2. The van der Waals surface area contributed by atoms with Crippen molar-refractivity contribution in [1.82, 2.24) is 20.2 Å². The van der Waals surface area contributed by atoms with Gasteiger partial charge in [-0.05, 0) is 72.1 Å². The first-order valence-corrected chi connectivity index (χ1v) is 13.5. The van der Waals surface area contributed by atoms with Gasteiger partial charge in [-0.3, -0.25) is 9.59 Å². The molecule has 216 valence electrons. The van der Waals surface area contributed by atoms with Crippen LogP contribution in [-0.2, 0) is 27.6 Å². The number of hydrogen-bond donors (Lipinski definition) is 1. The molecular weight excluding hydrogens is 524 g/mol. The van der Waals surface area contributed by atoms with Gasteiger partial charge in [0.2, 0.25) is 6.41 Å². The second-order valence-electron chi connectivity index (χ2n) is 9.89. The quantitative estimate of drug-likeness (QED) is 0.282. The Bertz CT molecular complexity index is 1340. The van der Waals surface area contributed by atoms with Gasteiger partial charge in [-0.2, -0.15) is 5.06 Å². The molecule has 10 heteroatoms. The SMILES string of the molecule is CNC(=O)ON(C=O)Cc1ccc(OCc2cccc(-c3ccc(OCC(=O)N4CCN(C)CC4)cc3C)c2)cc1. The molecule has 3 aromatic rings. The molecule has 0 spiro atoms. The average Bonchev–Trinajstić information content (AvgIpc) is 2.99. The Kier molecular flexibility index (Phi) is 10.2. The molecule has 1 aliphatic rings. The van der Waals surface area contributed by atoms with Crippen molar-refractivity contribution in [2.24, 2.45) is 0 Å². The van der Waals surface area contributed by atoms with E-state index in [2.05, 4.69) is 29.4 Å². The first kappa shape index (κ1) is 29.4. The van der Waals surface area contributed by atoms with E-state index in [4.69, 9.17) is 14.3 Å². The number of hydroxylamine groups is 2. The lowest BCUT2D eigenvalue weighted by Gasteiger charge is -2.32. The number of rotatable bonds is 11. The third-order valence-electron chi connectivity index (χ3n) is 6.84. The minimum Gasteiger partial charge on any atom is -0.489 e. The maximum absolute atomic E-state index is 12.5. The van der Waals surface area contributed by atoms with E-state index in [-0.39, 0.29) is 19.1 Å². The van der Waals surface area contributed by atoms with Gasteiger partial charge in [0.15, 0.2) is 6.61 Å². The molecule has 0 aromatic heterocycles. The number of hydrogen-bond acceptors (Lipinski definition) is 7. The zero-order valence-corrected chi connectivity index (χ0v) is 23.7. The molecule has 0 aliphatic carbocycles. The molecule has 3 aromatic carbocycles. The summed E-state index contributed by atoms with van der Waals surface area (Å²) in [5.41, 5.74) is 4.97. The summed E-state index contributed by atoms with van der Waals surface area (Å²) < 4.78 is 11.8. The predicted molar refractivity (Wildman–Crippen MR) is 154 cm³/mol. The van der Waals surface area contributed by atoms with Crippen molar-refractivity contribution in [3.8, 4) is 22.6 Å². The van der Waals surface area contributed by atoms with E-state index in [0.29, 0.717) is 24.5 Å². The van der Waals surface area contributed by atoms with E-state index in [1.807, 2.05) is 42.2 Å². The average molecular weight is 561 g/mol.